The first-order valence-corrected chi connectivity index (χ1v) is 9.33. The molecule has 2 atom stereocenters. The van der Waals surface area contributed by atoms with E-state index in [1.54, 1.807) is 12.1 Å². The molecule has 2 aromatic rings. The minimum atomic E-state index is 0.102. The Bertz CT molecular complexity index is 766. The van der Waals surface area contributed by atoms with Crippen LogP contribution < -0.4 is 0 Å². The Balaban J connectivity index is 1.35. The number of phenols is 1. The Hall–Kier alpha value is -2.00. The van der Waals surface area contributed by atoms with Gasteiger partial charge in [0.05, 0.1) is 0 Å². The maximum absolute atomic E-state index is 12.8. The van der Waals surface area contributed by atoms with Crippen molar-refractivity contribution in [3.63, 3.8) is 0 Å². The van der Waals surface area contributed by atoms with Crippen LogP contribution in [0.5, 0.6) is 5.75 Å². The van der Waals surface area contributed by atoms with E-state index in [1.165, 1.54) is 5.56 Å². The molecule has 2 fully saturated rings. The molecule has 3 nitrogen and oxygen atoms in total. The monoisotopic (exact) mass is 355 g/mol. The van der Waals surface area contributed by atoms with E-state index in [2.05, 4.69) is 0 Å². The molecule has 1 aliphatic carbocycles. The molecule has 4 heteroatoms. The van der Waals surface area contributed by atoms with Crippen molar-refractivity contribution in [3.8, 4) is 5.75 Å². The van der Waals surface area contributed by atoms with Gasteiger partial charge in [-0.2, -0.15) is 0 Å². The molecule has 0 bridgehead atoms. The molecule has 25 heavy (non-hydrogen) atoms. The highest BCUT2D eigenvalue weighted by molar-refractivity contribution is 6.31. The summed E-state index contributed by atoms with van der Waals surface area (Å²) < 4.78 is 0. The van der Waals surface area contributed by atoms with E-state index in [-0.39, 0.29) is 17.7 Å². The number of benzene rings is 2. The summed E-state index contributed by atoms with van der Waals surface area (Å²) >= 11 is 6.27. The Labute approximate surface area is 153 Å². The molecule has 1 aliphatic heterocycles. The van der Waals surface area contributed by atoms with Crippen LogP contribution in [0.2, 0.25) is 5.02 Å². The molecule has 0 radical (unpaired) electrons. The molecule has 0 aromatic heterocycles. The van der Waals surface area contributed by atoms with Crippen molar-refractivity contribution in [2.75, 3.05) is 13.1 Å². The lowest BCUT2D eigenvalue weighted by molar-refractivity contribution is -0.133. The summed E-state index contributed by atoms with van der Waals surface area (Å²) in [5.41, 5.74) is 2.37. The third kappa shape index (κ3) is 3.38. The van der Waals surface area contributed by atoms with Gasteiger partial charge in [0, 0.05) is 24.0 Å². The van der Waals surface area contributed by atoms with Crippen molar-refractivity contribution in [1.82, 2.24) is 4.90 Å². The van der Waals surface area contributed by atoms with E-state index in [0.717, 1.165) is 42.9 Å². The standard InChI is InChI=1S/C21H22ClNO2/c22-20-4-2-1-3-17(20)18-13-19(18)21(25)23-11-9-15(10-12-23)14-5-7-16(24)8-6-14/h1-8,15,18-19,24H,9-13H2. The van der Waals surface area contributed by atoms with Crippen molar-refractivity contribution in [1.29, 1.82) is 0 Å². The predicted molar refractivity (Wildman–Crippen MR) is 99.0 cm³/mol. The number of carbonyl (C=O) groups is 1. The second-order valence-electron chi connectivity index (χ2n) is 7.16. The number of piperidine rings is 1. The van der Waals surface area contributed by atoms with Crippen LogP contribution in [0, 0.1) is 5.92 Å². The molecule has 2 unspecified atom stereocenters. The quantitative estimate of drug-likeness (QED) is 0.877. The fourth-order valence-electron chi connectivity index (χ4n) is 4.00. The Morgan fingerprint density at radius 2 is 1.72 bits per heavy atom. The lowest BCUT2D eigenvalue weighted by Crippen LogP contribution is -2.39. The molecular formula is C21H22ClNO2. The van der Waals surface area contributed by atoms with E-state index >= 15 is 0 Å². The number of amides is 1. The second-order valence-corrected chi connectivity index (χ2v) is 7.57. The van der Waals surface area contributed by atoms with Crippen LogP contribution in [0.3, 0.4) is 0 Å². The Morgan fingerprint density at radius 1 is 1.04 bits per heavy atom. The van der Waals surface area contributed by atoms with Gasteiger partial charge in [-0.3, -0.25) is 4.79 Å². The van der Waals surface area contributed by atoms with Gasteiger partial charge in [-0.05, 0) is 60.4 Å². The van der Waals surface area contributed by atoms with Crippen LogP contribution in [-0.2, 0) is 4.79 Å². The van der Waals surface area contributed by atoms with E-state index in [4.69, 9.17) is 11.6 Å². The topological polar surface area (TPSA) is 40.5 Å². The van der Waals surface area contributed by atoms with Gasteiger partial charge in [0.1, 0.15) is 5.75 Å². The number of likely N-dealkylation sites (tertiary alicyclic amines) is 1. The summed E-state index contributed by atoms with van der Waals surface area (Å²) in [4.78, 5) is 14.8. The number of nitrogens with zero attached hydrogens (tertiary/aromatic N) is 1. The summed E-state index contributed by atoms with van der Waals surface area (Å²) in [7, 11) is 0. The van der Waals surface area contributed by atoms with Crippen LogP contribution in [0.1, 0.15) is 42.2 Å². The smallest absolute Gasteiger partial charge is 0.226 e. The number of phenolic OH excluding ortho intramolecular Hbond substituents is 1. The highest BCUT2D eigenvalue weighted by atomic mass is 35.5. The zero-order valence-corrected chi connectivity index (χ0v) is 14.8. The van der Waals surface area contributed by atoms with E-state index < -0.39 is 0 Å². The van der Waals surface area contributed by atoms with Crippen molar-refractivity contribution < 1.29 is 9.90 Å². The average molecular weight is 356 g/mol. The zero-order chi connectivity index (χ0) is 17.4. The number of carbonyl (C=O) groups excluding carboxylic acids is 1. The van der Waals surface area contributed by atoms with Crippen LogP contribution in [0.4, 0.5) is 0 Å². The third-order valence-corrected chi connectivity index (χ3v) is 5.93. The largest absolute Gasteiger partial charge is 0.508 e. The summed E-state index contributed by atoms with van der Waals surface area (Å²) in [5.74, 6) is 1.45. The van der Waals surface area contributed by atoms with Gasteiger partial charge in [-0.25, -0.2) is 0 Å². The predicted octanol–water partition coefficient (Wildman–Crippen LogP) is 4.56. The fraction of sp³-hybridized carbons (Fsp3) is 0.381. The van der Waals surface area contributed by atoms with Crippen LogP contribution in [0.15, 0.2) is 48.5 Å². The van der Waals surface area contributed by atoms with E-state index in [9.17, 15) is 9.90 Å². The second kappa shape index (κ2) is 6.72. The van der Waals surface area contributed by atoms with Crippen LogP contribution in [-0.4, -0.2) is 29.0 Å². The molecule has 130 valence electrons. The van der Waals surface area contributed by atoms with Crippen molar-refractivity contribution in [3.05, 3.63) is 64.7 Å². The minimum absolute atomic E-state index is 0.102. The van der Waals surface area contributed by atoms with Gasteiger partial charge >= 0.3 is 0 Å². The SMILES string of the molecule is O=C(C1CC1c1ccccc1Cl)N1CCC(c2ccc(O)cc2)CC1. The molecule has 1 heterocycles. The van der Waals surface area contributed by atoms with Crippen molar-refractivity contribution in [2.24, 2.45) is 5.92 Å². The lowest BCUT2D eigenvalue weighted by Gasteiger charge is -2.32. The number of rotatable bonds is 3. The van der Waals surface area contributed by atoms with Gasteiger partial charge in [0.25, 0.3) is 0 Å². The fourth-order valence-corrected chi connectivity index (χ4v) is 4.28. The first-order chi connectivity index (χ1) is 12.1. The molecule has 1 saturated carbocycles. The highest BCUT2D eigenvalue weighted by Crippen LogP contribution is 2.50. The molecule has 2 aliphatic rings. The summed E-state index contributed by atoms with van der Waals surface area (Å²) in [5, 5.41) is 10.2. The van der Waals surface area contributed by atoms with E-state index in [1.807, 2.05) is 41.3 Å². The number of hydrogen-bond donors (Lipinski definition) is 1. The molecule has 1 N–H and O–H groups in total. The van der Waals surface area contributed by atoms with Gasteiger partial charge in [0.15, 0.2) is 0 Å². The Morgan fingerprint density at radius 3 is 2.40 bits per heavy atom. The minimum Gasteiger partial charge on any atom is -0.508 e. The summed E-state index contributed by atoms with van der Waals surface area (Å²) in [6.07, 6.45) is 2.89. The number of halogens is 1. The molecule has 0 spiro atoms. The third-order valence-electron chi connectivity index (χ3n) is 5.58. The maximum atomic E-state index is 12.8. The van der Waals surface area contributed by atoms with Crippen LogP contribution in [0.25, 0.3) is 0 Å². The van der Waals surface area contributed by atoms with Gasteiger partial charge in [-0.1, -0.05) is 41.9 Å². The number of aromatic hydroxyl groups is 1. The van der Waals surface area contributed by atoms with Crippen LogP contribution >= 0.6 is 11.6 Å². The molecule has 4 rings (SSSR count). The summed E-state index contributed by atoms with van der Waals surface area (Å²) in [6.45, 7) is 1.63. The highest BCUT2D eigenvalue weighted by Gasteiger charge is 2.46. The lowest BCUT2D eigenvalue weighted by atomic mass is 9.89. The van der Waals surface area contributed by atoms with Gasteiger partial charge in [-0.15, -0.1) is 0 Å². The first-order valence-electron chi connectivity index (χ1n) is 8.95. The molecular weight excluding hydrogens is 334 g/mol. The van der Waals surface area contributed by atoms with Crippen molar-refractivity contribution >= 4 is 17.5 Å². The number of hydrogen-bond acceptors (Lipinski definition) is 2. The summed E-state index contributed by atoms with van der Waals surface area (Å²) in [6, 6.07) is 15.3. The molecule has 2 aromatic carbocycles. The molecule has 1 amide bonds. The molecule has 1 saturated heterocycles. The van der Waals surface area contributed by atoms with Gasteiger partial charge in [0.2, 0.25) is 5.91 Å². The van der Waals surface area contributed by atoms with Crippen molar-refractivity contribution in [2.45, 2.75) is 31.1 Å². The maximum Gasteiger partial charge on any atom is 0.226 e. The van der Waals surface area contributed by atoms with Gasteiger partial charge < -0.3 is 10.0 Å². The normalized spacial score (nSPS) is 23.5. The zero-order valence-electron chi connectivity index (χ0n) is 14.1. The average Bonchev–Trinajstić information content (AvgIpc) is 3.43. The van der Waals surface area contributed by atoms with E-state index in [0.29, 0.717) is 11.7 Å². The first kappa shape index (κ1) is 16.5. The Kier molecular flexibility index (Phi) is 4.43.